The molecule has 0 aliphatic carbocycles. The van der Waals surface area contributed by atoms with Gasteiger partial charge in [-0.15, -0.1) is 34.0 Å². The molecule has 0 unspecified atom stereocenters. The first kappa shape index (κ1) is 28.7. The Morgan fingerprint density at radius 2 is 1.74 bits per heavy atom. The van der Waals surface area contributed by atoms with E-state index in [9.17, 15) is 9.90 Å². The van der Waals surface area contributed by atoms with Crippen molar-refractivity contribution < 1.29 is 34.7 Å². The van der Waals surface area contributed by atoms with Crippen molar-refractivity contribution in [3.63, 3.8) is 0 Å². The van der Waals surface area contributed by atoms with Gasteiger partial charge in [0.15, 0.2) is 5.78 Å². The number of aromatic nitrogens is 1. The summed E-state index contributed by atoms with van der Waals surface area (Å²) in [6.07, 6.45) is 10.4. The van der Waals surface area contributed by atoms with Crippen LogP contribution >= 0.6 is 0 Å². The van der Waals surface area contributed by atoms with Crippen molar-refractivity contribution in [3.8, 4) is 5.75 Å². The average Bonchev–Trinajstić information content (AvgIpc) is 2.82. The molecule has 0 amide bonds. The fourth-order valence-corrected chi connectivity index (χ4v) is 4.60. The second kappa shape index (κ2) is 13.0. The number of carbonyl (C=O) groups is 1. The van der Waals surface area contributed by atoms with Crippen LogP contribution in [0.2, 0.25) is 0 Å². The number of hydrogen-bond donors (Lipinski definition) is 1. The molecule has 2 heterocycles. The number of rotatable bonds is 7. The summed E-state index contributed by atoms with van der Waals surface area (Å²) in [5.74, 6) is 1.42. The van der Waals surface area contributed by atoms with Crippen LogP contribution in [0.3, 0.4) is 0 Å². The Morgan fingerprint density at radius 1 is 1.09 bits per heavy atom. The molecular formula is C30H36IrNO3-. The quantitative estimate of drug-likeness (QED) is 0.122. The topological polar surface area (TPSA) is 59.4 Å². The maximum Gasteiger partial charge on any atom is 0.162 e. The number of aliphatic hydroxyl groups is 1. The van der Waals surface area contributed by atoms with E-state index < -0.39 is 0 Å². The van der Waals surface area contributed by atoms with Crippen molar-refractivity contribution in [1.29, 1.82) is 0 Å². The summed E-state index contributed by atoms with van der Waals surface area (Å²) in [5, 5.41) is 13.1. The summed E-state index contributed by atoms with van der Waals surface area (Å²) in [7, 11) is 0. The molecule has 2 aromatic carbocycles. The standard InChI is InChI=1S/C17H12NO.C13H24O2.Ir/c1-10-7-11(2)13-9-12-4-6-19-15-3-5-18-17(16(12)15)14(13)8-10;1-5-10(6-2)12(14)9-13(15)11(7-3)8-4;/h3-7,9H,1-2H3;9-11,14H,5-8H2,1-4H3;/q-1;;/b;12-9-;. The predicted molar refractivity (Wildman–Crippen MR) is 141 cm³/mol. The Kier molecular flexibility index (Phi) is 10.7. The molecule has 1 radical (unpaired) electrons. The molecule has 4 rings (SSSR count). The number of pyridine rings is 1. The van der Waals surface area contributed by atoms with E-state index in [4.69, 9.17) is 4.74 Å². The van der Waals surface area contributed by atoms with Crippen LogP contribution in [-0.4, -0.2) is 15.9 Å². The van der Waals surface area contributed by atoms with Crippen molar-refractivity contribution >= 4 is 33.5 Å². The number of ketones is 1. The minimum absolute atomic E-state index is 0. The zero-order valence-corrected chi connectivity index (χ0v) is 24.0. The van der Waals surface area contributed by atoms with Gasteiger partial charge in [-0.25, -0.2) is 0 Å². The molecular weight excluding hydrogens is 615 g/mol. The van der Waals surface area contributed by atoms with E-state index in [1.165, 1.54) is 17.0 Å². The van der Waals surface area contributed by atoms with Crippen molar-refractivity contribution in [2.45, 2.75) is 67.2 Å². The second-order valence-electron chi connectivity index (χ2n) is 8.98. The molecule has 0 bridgehead atoms. The summed E-state index contributed by atoms with van der Waals surface area (Å²) < 4.78 is 5.57. The van der Waals surface area contributed by atoms with Crippen LogP contribution in [0.25, 0.3) is 27.8 Å². The molecule has 1 aliphatic heterocycles. The number of hydrogen-bond acceptors (Lipinski definition) is 4. The molecule has 0 spiro atoms. The largest absolute Gasteiger partial charge is 0.512 e. The van der Waals surface area contributed by atoms with Crippen LogP contribution in [0.15, 0.2) is 42.5 Å². The van der Waals surface area contributed by atoms with Crippen molar-refractivity contribution in [1.82, 2.24) is 4.98 Å². The van der Waals surface area contributed by atoms with Crippen LogP contribution < -0.4 is 4.74 Å². The van der Waals surface area contributed by atoms with Gasteiger partial charge in [-0.05, 0) is 43.4 Å². The Labute approximate surface area is 222 Å². The maximum absolute atomic E-state index is 11.7. The summed E-state index contributed by atoms with van der Waals surface area (Å²) in [4.78, 5) is 16.3. The number of allylic oxidation sites excluding steroid dienone is 2. The number of fused-ring (bicyclic) bond motifs is 2. The molecule has 35 heavy (non-hydrogen) atoms. The van der Waals surface area contributed by atoms with E-state index >= 15 is 0 Å². The number of aliphatic hydroxyl groups excluding tert-OH is 1. The molecule has 1 aromatic heterocycles. The molecule has 1 aliphatic rings. The third-order valence-electron chi connectivity index (χ3n) is 6.71. The van der Waals surface area contributed by atoms with E-state index in [1.807, 2.05) is 39.8 Å². The molecule has 1 N–H and O–H groups in total. The van der Waals surface area contributed by atoms with Gasteiger partial charge in [-0.2, -0.15) is 0 Å². The Hall–Kier alpha value is -2.49. The Bertz CT molecular complexity index is 1240. The molecule has 4 nitrogen and oxygen atoms in total. The molecule has 0 atom stereocenters. The van der Waals surface area contributed by atoms with Gasteiger partial charge in [0.2, 0.25) is 0 Å². The van der Waals surface area contributed by atoms with Crippen LogP contribution in [-0.2, 0) is 24.9 Å². The van der Waals surface area contributed by atoms with Gasteiger partial charge in [0.05, 0.1) is 12.0 Å². The van der Waals surface area contributed by atoms with Crippen molar-refractivity contribution in [2.24, 2.45) is 11.8 Å². The van der Waals surface area contributed by atoms with E-state index in [2.05, 4.69) is 37.0 Å². The van der Waals surface area contributed by atoms with Crippen LogP contribution in [0, 0.1) is 31.7 Å². The monoisotopic (exact) mass is 651 g/mol. The van der Waals surface area contributed by atoms with E-state index in [-0.39, 0.29) is 43.5 Å². The SMILES string of the molecule is CCC(CC)C(=O)/C=C(\O)C(CC)CC.Cc1[c-]c2c(cc3c4c(ccnc42)OC=C3)c(C)c1.[Ir]. The number of carbonyl (C=O) groups excluding carboxylic acids is 1. The number of nitrogens with zero attached hydrogens (tertiary/aromatic N) is 1. The first-order valence-corrected chi connectivity index (χ1v) is 12.4. The fourth-order valence-electron chi connectivity index (χ4n) is 4.60. The van der Waals surface area contributed by atoms with Crippen molar-refractivity contribution in [3.05, 3.63) is 65.2 Å². The van der Waals surface area contributed by atoms with E-state index in [0.717, 1.165) is 58.8 Å². The van der Waals surface area contributed by atoms with Gasteiger partial charge in [0.1, 0.15) is 5.75 Å². The average molecular weight is 651 g/mol. The first-order chi connectivity index (χ1) is 16.3. The van der Waals surface area contributed by atoms with Gasteiger partial charge >= 0.3 is 0 Å². The van der Waals surface area contributed by atoms with Gasteiger partial charge < -0.3 is 14.8 Å². The van der Waals surface area contributed by atoms with Gasteiger partial charge in [0.25, 0.3) is 0 Å². The van der Waals surface area contributed by atoms with Crippen LogP contribution in [0.4, 0.5) is 0 Å². The van der Waals surface area contributed by atoms with E-state index in [0.29, 0.717) is 0 Å². The zero-order valence-electron chi connectivity index (χ0n) is 21.6. The predicted octanol–water partition coefficient (Wildman–Crippen LogP) is 8.04. The normalized spacial score (nSPS) is 12.4. The number of ether oxygens (including phenoxy) is 1. The fraction of sp³-hybridized carbons (Fsp3) is 0.400. The Balaban J connectivity index is 0.000000249. The molecule has 0 fully saturated rings. The first-order valence-electron chi connectivity index (χ1n) is 12.4. The molecule has 189 valence electrons. The minimum atomic E-state index is 0. The third kappa shape index (κ3) is 6.39. The number of aryl methyl sites for hydroxylation is 2. The molecule has 5 heteroatoms. The summed E-state index contributed by atoms with van der Waals surface area (Å²) in [6.45, 7) is 12.3. The van der Waals surface area contributed by atoms with E-state index in [1.54, 1.807) is 12.5 Å². The Morgan fingerprint density at radius 3 is 2.37 bits per heavy atom. The molecule has 0 saturated heterocycles. The van der Waals surface area contributed by atoms with Gasteiger partial charge in [-0.3, -0.25) is 4.79 Å². The third-order valence-corrected chi connectivity index (χ3v) is 6.71. The van der Waals surface area contributed by atoms with Crippen LogP contribution in [0.1, 0.15) is 70.1 Å². The van der Waals surface area contributed by atoms with Gasteiger partial charge in [-0.1, -0.05) is 47.6 Å². The van der Waals surface area contributed by atoms with Gasteiger partial charge in [0, 0.05) is 55.1 Å². The molecule has 0 saturated carbocycles. The number of benzene rings is 2. The minimum Gasteiger partial charge on any atom is -0.512 e. The summed E-state index contributed by atoms with van der Waals surface area (Å²) in [5.41, 5.74) is 4.54. The second-order valence-corrected chi connectivity index (χ2v) is 8.98. The molecule has 3 aromatic rings. The summed E-state index contributed by atoms with van der Waals surface area (Å²) >= 11 is 0. The summed E-state index contributed by atoms with van der Waals surface area (Å²) in [6, 6.07) is 9.70. The zero-order chi connectivity index (χ0) is 24.8. The van der Waals surface area contributed by atoms with Crippen molar-refractivity contribution in [2.75, 3.05) is 0 Å². The maximum atomic E-state index is 11.7. The van der Waals surface area contributed by atoms with Crippen LogP contribution in [0.5, 0.6) is 5.75 Å². The smallest absolute Gasteiger partial charge is 0.162 e.